The number of benzene rings is 2. The molecule has 5 nitrogen and oxygen atoms in total. The maximum absolute atomic E-state index is 12.8. The van der Waals surface area contributed by atoms with Crippen molar-refractivity contribution in [3.8, 4) is 11.8 Å². The van der Waals surface area contributed by atoms with Crippen molar-refractivity contribution in [3.05, 3.63) is 75.3 Å². The molecule has 0 fully saturated rings. The van der Waals surface area contributed by atoms with Crippen LogP contribution in [0.1, 0.15) is 35.4 Å². The molecule has 2 aromatic carbocycles. The first kappa shape index (κ1) is 20.1. The fourth-order valence-corrected chi connectivity index (χ4v) is 3.41. The minimum absolute atomic E-state index is 0.0354. The zero-order valence-electron chi connectivity index (χ0n) is 15.7. The molecule has 0 amide bonds. The highest BCUT2D eigenvalue weighted by molar-refractivity contribution is 5.79. The summed E-state index contributed by atoms with van der Waals surface area (Å²) < 4.78 is 40.0. The molecule has 2 heterocycles. The van der Waals surface area contributed by atoms with Crippen LogP contribution in [0.15, 0.2) is 47.3 Å². The number of fused-ring (bicyclic) bond motifs is 2. The molecule has 0 saturated heterocycles. The largest absolute Gasteiger partial charge is 0.416 e. The average molecular weight is 414 g/mol. The highest BCUT2D eigenvalue weighted by Crippen LogP contribution is 2.29. The molecule has 4 rings (SSSR count). The van der Waals surface area contributed by atoms with Crippen molar-refractivity contribution in [2.45, 2.75) is 37.8 Å². The van der Waals surface area contributed by atoms with Crippen molar-refractivity contribution in [2.75, 3.05) is 0 Å². The Hall–Kier alpha value is -3.15. The Labute approximate surface area is 169 Å². The maximum atomic E-state index is 12.8. The van der Waals surface area contributed by atoms with E-state index in [4.69, 9.17) is 0 Å². The molecule has 154 valence electrons. The summed E-state index contributed by atoms with van der Waals surface area (Å²) in [4.78, 5) is 17.3. The van der Waals surface area contributed by atoms with Crippen LogP contribution in [0.3, 0.4) is 0 Å². The Morgan fingerprint density at radius 3 is 2.50 bits per heavy atom. The smallest absolute Gasteiger partial charge is 0.366 e. The summed E-state index contributed by atoms with van der Waals surface area (Å²) in [7, 11) is 0. The topological polar surface area (TPSA) is 75.4 Å². The maximum Gasteiger partial charge on any atom is 0.416 e. The van der Waals surface area contributed by atoms with Gasteiger partial charge in [0, 0.05) is 36.9 Å². The van der Waals surface area contributed by atoms with E-state index < -0.39 is 17.5 Å². The summed E-state index contributed by atoms with van der Waals surface area (Å²) in [5.41, 5.74) is 0.0933. The normalized spacial score (nSPS) is 15.8. The molecule has 1 aromatic heterocycles. The number of aryl methyl sites for hydroxylation is 1. The second-order valence-electron chi connectivity index (χ2n) is 7.28. The van der Waals surface area contributed by atoms with Gasteiger partial charge in [0.15, 0.2) is 5.79 Å². The SMILES string of the molecule is O=c1c2ccc(C#Cc3cccc(C(F)(F)F)c3)cc2nc2n1CCC(O)(O)CC2. The van der Waals surface area contributed by atoms with Crippen LogP contribution in [0.25, 0.3) is 10.9 Å². The van der Waals surface area contributed by atoms with Crippen LogP contribution in [0, 0.1) is 11.8 Å². The second-order valence-corrected chi connectivity index (χ2v) is 7.28. The molecule has 1 aliphatic heterocycles. The summed E-state index contributed by atoms with van der Waals surface area (Å²) in [6, 6.07) is 9.54. The van der Waals surface area contributed by atoms with Gasteiger partial charge in [-0.3, -0.25) is 9.36 Å². The van der Waals surface area contributed by atoms with Gasteiger partial charge in [0.2, 0.25) is 0 Å². The average Bonchev–Trinajstić information content (AvgIpc) is 2.84. The molecule has 0 spiro atoms. The van der Waals surface area contributed by atoms with Gasteiger partial charge in [-0.15, -0.1) is 0 Å². The first-order valence-electron chi connectivity index (χ1n) is 9.30. The molecule has 0 atom stereocenters. The van der Waals surface area contributed by atoms with Gasteiger partial charge >= 0.3 is 6.18 Å². The van der Waals surface area contributed by atoms with Crippen molar-refractivity contribution in [1.29, 1.82) is 0 Å². The molecule has 2 N–H and O–H groups in total. The lowest BCUT2D eigenvalue weighted by molar-refractivity contribution is -0.169. The number of nitrogens with zero attached hydrogens (tertiary/aromatic N) is 2. The lowest BCUT2D eigenvalue weighted by Gasteiger charge is -2.17. The molecule has 0 aliphatic carbocycles. The Bertz CT molecular complexity index is 1250. The molecule has 30 heavy (non-hydrogen) atoms. The summed E-state index contributed by atoms with van der Waals surface area (Å²) in [5.74, 6) is 4.14. The van der Waals surface area contributed by atoms with E-state index in [1.165, 1.54) is 16.7 Å². The minimum atomic E-state index is -4.44. The third-order valence-electron chi connectivity index (χ3n) is 5.06. The van der Waals surface area contributed by atoms with Gasteiger partial charge in [0.25, 0.3) is 5.56 Å². The molecular weight excluding hydrogens is 397 g/mol. The van der Waals surface area contributed by atoms with E-state index in [1.807, 2.05) is 0 Å². The van der Waals surface area contributed by atoms with Crippen LogP contribution in [0.4, 0.5) is 13.2 Å². The number of alkyl halides is 3. The first-order valence-corrected chi connectivity index (χ1v) is 9.30. The minimum Gasteiger partial charge on any atom is -0.366 e. The zero-order valence-corrected chi connectivity index (χ0v) is 15.7. The molecule has 8 heteroatoms. The molecular formula is C22H17F3N2O3. The van der Waals surface area contributed by atoms with Crippen LogP contribution in [0.5, 0.6) is 0 Å². The van der Waals surface area contributed by atoms with E-state index in [-0.39, 0.29) is 36.9 Å². The fourth-order valence-electron chi connectivity index (χ4n) is 3.41. The highest BCUT2D eigenvalue weighted by atomic mass is 19.4. The summed E-state index contributed by atoms with van der Waals surface area (Å²) in [6.07, 6.45) is -4.10. The van der Waals surface area contributed by atoms with Crippen molar-refractivity contribution in [2.24, 2.45) is 0 Å². The molecule has 0 bridgehead atoms. The molecule has 3 aromatic rings. The Kier molecular flexibility index (Phi) is 4.88. The van der Waals surface area contributed by atoms with Crippen LogP contribution < -0.4 is 5.56 Å². The Morgan fingerprint density at radius 1 is 1.03 bits per heavy atom. The van der Waals surface area contributed by atoms with Crippen LogP contribution in [-0.4, -0.2) is 25.6 Å². The lowest BCUT2D eigenvalue weighted by Crippen LogP contribution is -2.29. The molecule has 0 radical (unpaired) electrons. The monoisotopic (exact) mass is 414 g/mol. The van der Waals surface area contributed by atoms with Gasteiger partial charge in [-0.25, -0.2) is 4.98 Å². The predicted molar refractivity (Wildman–Crippen MR) is 104 cm³/mol. The van der Waals surface area contributed by atoms with Crippen molar-refractivity contribution in [3.63, 3.8) is 0 Å². The van der Waals surface area contributed by atoms with Crippen molar-refractivity contribution >= 4 is 10.9 Å². The quantitative estimate of drug-likeness (QED) is 0.438. The predicted octanol–water partition coefficient (Wildman–Crippen LogP) is 2.83. The molecule has 0 unspecified atom stereocenters. The number of rotatable bonds is 0. The number of aliphatic hydroxyl groups is 2. The third-order valence-corrected chi connectivity index (χ3v) is 5.06. The van der Waals surface area contributed by atoms with Gasteiger partial charge < -0.3 is 10.2 Å². The Balaban J connectivity index is 1.71. The standard InChI is InChI=1S/C22H17F3N2O3/c23-22(24,25)16-3-1-2-14(12-16)4-5-15-6-7-17-18(13-15)26-19-8-9-21(29,30)10-11-27(19)20(17)28/h1-3,6-7,12-13,29-30H,8-11H2. The van der Waals surface area contributed by atoms with Crippen molar-refractivity contribution < 1.29 is 23.4 Å². The third kappa shape index (κ3) is 4.08. The van der Waals surface area contributed by atoms with E-state index in [0.717, 1.165) is 12.1 Å². The van der Waals surface area contributed by atoms with Crippen LogP contribution in [0.2, 0.25) is 0 Å². The number of aromatic nitrogens is 2. The fraction of sp³-hybridized carbons (Fsp3) is 0.273. The van der Waals surface area contributed by atoms with Gasteiger partial charge in [-0.1, -0.05) is 17.9 Å². The first-order chi connectivity index (χ1) is 14.1. The van der Waals surface area contributed by atoms with E-state index in [2.05, 4.69) is 16.8 Å². The highest BCUT2D eigenvalue weighted by Gasteiger charge is 2.30. The van der Waals surface area contributed by atoms with Gasteiger partial charge in [-0.05, 0) is 36.4 Å². The molecule has 1 aliphatic rings. The van der Waals surface area contributed by atoms with Crippen LogP contribution >= 0.6 is 0 Å². The summed E-state index contributed by atoms with van der Waals surface area (Å²) >= 11 is 0. The number of hydrogen-bond acceptors (Lipinski definition) is 4. The Morgan fingerprint density at radius 2 is 1.77 bits per heavy atom. The summed E-state index contributed by atoms with van der Waals surface area (Å²) in [6.45, 7) is 0.154. The van der Waals surface area contributed by atoms with E-state index >= 15 is 0 Å². The van der Waals surface area contributed by atoms with Gasteiger partial charge in [-0.2, -0.15) is 13.2 Å². The van der Waals surface area contributed by atoms with Gasteiger partial charge in [0.05, 0.1) is 16.5 Å². The number of hydrogen-bond donors (Lipinski definition) is 2. The van der Waals surface area contributed by atoms with Crippen LogP contribution in [-0.2, 0) is 19.1 Å². The van der Waals surface area contributed by atoms with Gasteiger partial charge in [0.1, 0.15) is 5.82 Å². The molecule has 0 saturated carbocycles. The van der Waals surface area contributed by atoms with E-state index in [9.17, 15) is 28.2 Å². The summed E-state index contributed by atoms with van der Waals surface area (Å²) in [5, 5.41) is 20.1. The number of halogens is 3. The van der Waals surface area contributed by atoms with Crippen molar-refractivity contribution in [1.82, 2.24) is 9.55 Å². The zero-order chi connectivity index (χ0) is 21.5. The second kappa shape index (κ2) is 7.27. The lowest BCUT2D eigenvalue weighted by atomic mass is 10.1. The van der Waals surface area contributed by atoms with E-state index in [0.29, 0.717) is 22.3 Å². The van der Waals surface area contributed by atoms with E-state index in [1.54, 1.807) is 18.2 Å².